The number of aromatic nitrogens is 1. The number of benzene rings is 1. The molecule has 0 unspecified atom stereocenters. The van der Waals surface area contributed by atoms with Gasteiger partial charge in [-0.05, 0) is 35.4 Å². The number of allylic oxidation sites excluding steroid dienone is 3. The van der Waals surface area contributed by atoms with E-state index in [0.29, 0.717) is 5.70 Å². The van der Waals surface area contributed by atoms with E-state index in [4.69, 9.17) is 5.26 Å². The monoisotopic (exact) mass is 287 g/mol. The van der Waals surface area contributed by atoms with Gasteiger partial charge in [0.1, 0.15) is 11.8 Å². The molecule has 0 saturated heterocycles. The summed E-state index contributed by atoms with van der Waals surface area (Å²) in [6, 6.07) is 15.9. The Labute approximate surface area is 131 Å². The number of nitrogens with one attached hydrogen (secondary N) is 1. The molecule has 0 bridgehead atoms. The van der Waals surface area contributed by atoms with E-state index in [9.17, 15) is 0 Å². The fourth-order valence-electron chi connectivity index (χ4n) is 2.08. The summed E-state index contributed by atoms with van der Waals surface area (Å²) < 4.78 is 0. The molecule has 3 nitrogen and oxygen atoms in total. The van der Waals surface area contributed by atoms with Crippen molar-refractivity contribution in [1.29, 1.82) is 5.26 Å². The largest absolute Gasteiger partial charge is 0.379 e. The molecule has 1 heterocycles. The molecule has 0 atom stereocenters. The molecule has 22 heavy (non-hydrogen) atoms. The van der Waals surface area contributed by atoms with Crippen molar-refractivity contribution >= 4 is 17.7 Å². The van der Waals surface area contributed by atoms with Gasteiger partial charge in [-0.1, -0.05) is 43.0 Å². The lowest BCUT2D eigenvalue weighted by atomic mass is 10.0. The third-order valence-electron chi connectivity index (χ3n) is 3.17. The third-order valence-corrected chi connectivity index (χ3v) is 3.17. The van der Waals surface area contributed by atoms with Gasteiger partial charge in [0.2, 0.25) is 0 Å². The van der Waals surface area contributed by atoms with E-state index < -0.39 is 0 Å². The first kappa shape index (κ1) is 15.3. The Bertz CT molecular complexity index is 750. The fourth-order valence-corrected chi connectivity index (χ4v) is 2.08. The van der Waals surface area contributed by atoms with E-state index in [-0.39, 0.29) is 0 Å². The van der Waals surface area contributed by atoms with Crippen molar-refractivity contribution in [3.63, 3.8) is 0 Å². The molecular weight excluding hydrogens is 270 g/mol. The molecule has 0 aliphatic carbocycles. The van der Waals surface area contributed by atoms with Gasteiger partial charge in [0, 0.05) is 18.8 Å². The summed E-state index contributed by atoms with van der Waals surface area (Å²) in [5.41, 5.74) is 4.18. The van der Waals surface area contributed by atoms with Crippen LogP contribution in [0.15, 0.2) is 67.0 Å². The van der Waals surface area contributed by atoms with Crippen LogP contribution in [0.1, 0.15) is 16.8 Å². The molecule has 3 heteroatoms. The summed E-state index contributed by atoms with van der Waals surface area (Å²) in [5, 5.41) is 12.1. The van der Waals surface area contributed by atoms with Crippen LogP contribution in [0.2, 0.25) is 0 Å². The maximum absolute atomic E-state index is 9.17. The van der Waals surface area contributed by atoms with Gasteiger partial charge in [-0.25, -0.2) is 0 Å². The van der Waals surface area contributed by atoms with E-state index in [0.717, 1.165) is 22.4 Å². The van der Waals surface area contributed by atoms with E-state index in [1.54, 1.807) is 19.3 Å². The second-order valence-electron chi connectivity index (χ2n) is 4.57. The highest BCUT2D eigenvalue weighted by Gasteiger charge is 2.04. The van der Waals surface area contributed by atoms with Crippen molar-refractivity contribution in [3.05, 3.63) is 83.8 Å². The van der Waals surface area contributed by atoms with Crippen LogP contribution in [0.3, 0.4) is 0 Å². The highest BCUT2D eigenvalue weighted by atomic mass is 14.8. The van der Waals surface area contributed by atoms with Crippen molar-refractivity contribution < 1.29 is 0 Å². The van der Waals surface area contributed by atoms with Crippen LogP contribution in [0, 0.1) is 11.3 Å². The van der Waals surface area contributed by atoms with Gasteiger partial charge in [0.05, 0.1) is 5.69 Å². The summed E-state index contributed by atoms with van der Waals surface area (Å²) in [6.45, 7) is 3.80. The zero-order valence-corrected chi connectivity index (χ0v) is 12.5. The summed E-state index contributed by atoms with van der Waals surface area (Å²) in [4.78, 5) is 4.26. The highest BCUT2D eigenvalue weighted by Crippen LogP contribution is 2.20. The molecule has 1 N–H and O–H groups in total. The average molecular weight is 287 g/mol. The van der Waals surface area contributed by atoms with Gasteiger partial charge >= 0.3 is 0 Å². The van der Waals surface area contributed by atoms with Crippen molar-refractivity contribution in [2.45, 2.75) is 0 Å². The second-order valence-corrected chi connectivity index (χ2v) is 4.57. The van der Waals surface area contributed by atoms with Gasteiger partial charge in [0.15, 0.2) is 0 Å². The molecule has 0 fully saturated rings. The Kier molecular flexibility index (Phi) is 5.28. The first-order chi connectivity index (χ1) is 10.8. The molecule has 0 amide bonds. The van der Waals surface area contributed by atoms with Crippen LogP contribution in [0.25, 0.3) is 17.7 Å². The molecule has 1 aromatic carbocycles. The number of nitrogens with zero attached hydrogens (tertiary/aromatic N) is 2. The minimum absolute atomic E-state index is 0.501. The molecule has 1 aromatic heterocycles. The van der Waals surface area contributed by atoms with E-state index in [2.05, 4.69) is 22.9 Å². The number of nitriles is 1. The Hall–Kier alpha value is -3.12. The zero-order chi connectivity index (χ0) is 15.8. The van der Waals surface area contributed by atoms with Crippen molar-refractivity contribution in [1.82, 2.24) is 10.3 Å². The lowest BCUT2D eigenvalue weighted by molar-refractivity contribution is 1.04. The molecule has 2 rings (SSSR count). The van der Waals surface area contributed by atoms with Crippen LogP contribution in [0.5, 0.6) is 0 Å². The Morgan fingerprint density at radius 3 is 2.73 bits per heavy atom. The maximum atomic E-state index is 9.17. The predicted octanol–water partition coefficient (Wildman–Crippen LogP) is 3.89. The summed E-state index contributed by atoms with van der Waals surface area (Å²) in [5.74, 6) is 0. The van der Waals surface area contributed by atoms with Crippen LogP contribution in [-0.4, -0.2) is 12.0 Å². The SMILES string of the molecule is C=C/C(=C(/C#N)NC)c1cccc(/C=C/c2ccccn2)c1. The predicted molar refractivity (Wildman–Crippen MR) is 91.4 cm³/mol. The molecule has 0 saturated carbocycles. The number of hydrogen-bond acceptors (Lipinski definition) is 3. The van der Waals surface area contributed by atoms with Crippen LogP contribution >= 0.6 is 0 Å². The lowest BCUT2D eigenvalue weighted by Gasteiger charge is -2.07. The van der Waals surface area contributed by atoms with Crippen molar-refractivity contribution in [2.75, 3.05) is 7.05 Å². The van der Waals surface area contributed by atoms with Gasteiger partial charge in [0.25, 0.3) is 0 Å². The minimum atomic E-state index is 0.501. The van der Waals surface area contributed by atoms with E-state index >= 15 is 0 Å². The minimum Gasteiger partial charge on any atom is -0.379 e. The van der Waals surface area contributed by atoms with E-state index in [1.165, 1.54) is 0 Å². The third kappa shape index (κ3) is 3.71. The number of hydrogen-bond donors (Lipinski definition) is 1. The normalized spacial score (nSPS) is 11.6. The quantitative estimate of drug-likeness (QED) is 0.670. The molecule has 0 aliphatic heterocycles. The van der Waals surface area contributed by atoms with Gasteiger partial charge < -0.3 is 5.32 Å². The zero-order valence-electron chi connectivity index (χ0n) is 12.5. The summed E-state index contributed by atoms with van der Waals surface area (Å²) in [7, 11) is 1.73. The van der Waals surface area contributed by atoms with Crippen molar-refractivity contribution in [2.24, 2.45) is 0 Å². The topological polar surface area (TPSA) is 48.7 Å². The van der Waals surface area contributed by atoms with Gasteiger partial charge in [-0.3, -0.25) is 4.98 Å². The standard InChI is InChI=1S/C19H17N3/c1-3-18(19(14-20)21-2)16-8-6-7-15(13-16)10-11-17-9-4-5-12-22-17/h3-13,21H,1H2,2H3/b11-10+,19-18+. The Morgan fingerprint density at radius 2 is 2.09 bits per heavy atom. The summed E-state index contributed by atoms with van der Waals surface area (Å²) >= 11 is 0. The first-order valence-electron chi connectivity index (χ1n) is 6.92. The molecule has 108 valence electrons. The lowest BCUT2D eigenvalue weighted by Crippen LogP contribution is -2.06. The molecule has 2 aromatic rings. The van der Waals surface area contributed by atoms with Gasteiger partial charge in [-0.2, -0.15) is 5.26 Å². The fraction of sp³-hybridized carbons (Fsp3) is 0.0526. The number of rotatable bonds is 5. The molecule has 0 aliphatic rings. The van der Waals surface area contributed by atoms with Crippen molar-refractivity contribution in [3.8, 4) is 6.07 Å². The Balaban J connectivity index is 2.35. The number of pyridine rings is 1. The second kappa shape index (κ2) is 7.61. The highest BCUT2D eigenvalue weighted by molar-refractivity contribution is 5.80. The average Bonchev–Trinajstić information content (AvgIpc) is 2.59. The van der Waals surface area contributed by atoms with Crippen LogP contribution in [-0.2, 0) is 0 Å². The first-order valence-corrected chi connectivity index (χ1v) is 6.92. The molecule has 0 radical (unpaired) electrons. The van der Waals surface area contributed by atoms with Crippen LogP contribution in [0.4, 0.5) is 0 Å². The van der Waals surface area contributed by atoms with E-state index in [1.807, 2.05) is 54.6 Å². The summed E-state index contributed by atoms with van der Waals surface area (Å²) in [6.07, 6.45) is 7.41. The Morgan fingerprint density at radius 1 is 1.23 bits per heavy atom. The van der Waals surface area contributed by atoms with Crippen LogP contribution < -0.4 is 5.32 Å². The maximum Gasteiger partial charge on any atom is 0.121 e. The smallest absolute Gasteiger partial charge is 0.121 e. The molecule has 0 spiro atoms. The molecular formula is C19H17N3. The van der Waals surface area contributed by atoms with Gasteiger partial charge in [-0.15, -0.1) is 0 Å².